The topological polar surface area (TPSA) is 91.3 Å². The minimum atomic E-state index is -4.75. The lowest BCUT2D eigenvalue weighted by atomic mass is 9.95. The van der Waals surface area contributed by atoms with Gasteiger partial charge in [0.1, 0.15) is 29.7 Å². The van der Waals surface area contributed by atoms with Crippen molar-refractivity contribution in [3.8, 4) is 11.8 Å². The molecule has 2 unspecified atom stereocenters. The van der Waals surface area contributed by atoms with Crippen molar-refractivity contribution >= 4 is 38.7 Å². The van der Waals surface area contributed by atoms with E-state index in [1.54, 1.807) is 25.7 Å². The SMILES string of the molecule is CC(C)(C)OC(=O)N1C2CCC1CN(c1nc(OC[C@@]34CCCN3C[C@H](F)C4)nc3c(O)c(Br)c(C(F)(F)F)cc13)C2. The first-order valence-corrected chi connectivity index (χ1v) is 15.0. The van der Waals surface area contributed by atoms with Gasteiger partial charge >= 0.3 is 18.3 Å². The molecule has 0 saturated carbocycles. The number of hydrogen-bond acceptors (Lipinski definition) is 8. The van der Waals surface area contributed by atoms with Crippen molar-refractivity contribution in [1.29, 1.82) is 0 Å². The lowest BCUT2D eigenvalue weighted by Gasteiger charge is -2.42. The van der Waals surface area contributed by atoms with Crippen molar-refractivity contribution in [2.24, 2.45) is 0 Å². The van der Waals surface area contributed by atoms with Gasteiger partial charge in [-0.2, -0.15) is 23.1 Å². The number of amides is 1. The lowest BCUT2D eigenvalue weighted by molar-refractivity contribution is -0.138. The zero-order chi connectivity index (χ0) is 30.2. The molecule has 230 valence electrons. The number of aromatic nitrogens is 2. The normalized spacial score (nSPS) is 28.0. The van der Waals surface area contributed by atoms with Crippen LogP contribution < -0.4 is 9.64 Å². The minimum absolute atomic E-state index is 0.0193. The number of carbonyl (C=O) groups excluding carboxylic acids is 1. The van der Waals surface area contributed by atoms with Crippen LogP contribution in [0.2, 0.25) is 0 Å². The van der Waals surface area contributed by atoms with Crippen LogP contribution in [0, 0.1) is 0 Å². The molecule has 1 N–H and O–H groups in total. The number of aromatic hydroxyl groups is 1. The van der Waals surface area contributed by atoms with Gasteiger partial charge in [-0.05, 0) is 75.0 Å². The fourth-order valence-corrected chi connectivity index (χ4v) is 7.57. The molecule has 1 amide bonds. The molecule has 4 atom stereocenters. The third kappa shape index (κ3) is 5.22. The Morgan fingerprint density at radius 2 is 1.86 bits per heavy atom. The van der Waals surface area contributed by atoms with Crippen LogP contribution >= 0.6 is 15.9 Å². The number of ether oxygens (including phenoxy) is 2. The van der Waals surface area contributed by atoms with Crippen LogP contribution in [0.5, 0.6) is 11.8 Å². The Kier molecular flexibility index (Phi) is 7.18. The fraction of sp³-hybridized carbons (Fsp3) is 0.679. The highest BCUT2D eigenvalue weighted by atomic mass is 79.9. The van der Waals surface area contributed by atoms with E-state index in [1.807, 2.05) is 4.90 Å². The fourth-order valence-electron chi connectivity index (χ4n) is 7.04. The Morgan fingerprint density at radius 3 is 2.50 bits per heavy atom. The van der Waals surface area contributed by atoms with Crippen molar-refractivity contribution < 1.29 is 36.9 Å². The maximum Gasteiger partial charge on any atom is 0.417 e. The summed E-state index contributed by atoms with van der Waals surface area (Å²) in [5.74, 6) is -0.492. The van der Waals surface area contributed by atoms with Crippen LogP contribution in [0.15, 0.2) is 10.5 Å². The maximum absolute atomic E-state index is 14.3. The van der Waals surface area contributed by atoms with Crippen molar-refractivity contribution in [2.75, 3.05) is 37.7 Å². The van der Waals surface area contributed by atoms with E-state index in [-0.39, 0.29) is 41.4 Å². The van der Waals surface area contributed by atoms with Gasteiger partial charge in [0.15, 0.2) is 5.75 Å². The highest BCUT2D eigenvalue weighted by Gasteiger charge is 2.50. The minimum Gasteiger partial charge on any atom is -0.505 e. The van der Waals surface area contributed by atoms with E-state index in [9.17, 15) is 27.5 Å². The molecular formula is C28H34BrF4N5O4. The zero-order valence-electron chi connectivity index (χ0n) is 23.7. The second-order valence-electron chi connectivity index (χ2n) is 12.9. The first kappa shape index (κ1) is 29.5. The van der Waals surface area contributed by atoms with Gasteiger partial charge in [-0.3, -0.25) is 9.80 Å². The molecule has 5 heterocycles. The Hall–Kier alpha value is -2.61. The molecule has 1 aromatic heterocycles. The van der Waals surface area contributed by atoms with Crippen molar-refractivity contribution in [1.82, 2.24) is 19.8 Å². The van der Waals surface area contributed by atoms with Crippen molar-refractivity contribution in [3.63, 3.8) is 0 Å². The maximum atomic E-state index is 14.3. The third-order valence-electron chi connectivity index (χ3n) is 8.78. The van der Waals surface area contributed by atoms with Gasteiger partial charge < -0.3 is 19.5 Å². The molecule has 4 aliphatic rings. The Labute approximate surface area is 249 Å². The number of alkyl halides is 4. The third-order valence-corrected chi connectivity index (χ3v) is 9.59. The van der Waals surface area contributed by atoms with Gasteiger partial charge in [-0.1, -0.05) is 0 Å². The number of benzene rings is 1. The summed E-state index contributed by atoms with van der Waals surface area (Å²) in [4.78, 5) is 27.6. The van der Waals surface area contributed by atoms with Crippen molar-refractivity contribution in [3.05, 3.63) is 16.1 Å². The lowest BCUT2D eigenvalue weighted by Crippen LogP contribution is -2.57. The number of nitrogens with zero attached hydrogens (tertiary/aromatic N) is 5. The van der Waals surface area contributed by atoms with Gasteiger partial charge in [-0.15, -0.1) is 0 Å². The van der Waals surface area contributed by atoms with Crippen LogP contribution in [0.1, 0.15) is 58.4 Å². The van der Waals surface area contributed by atoms with E-state index in [0.717, 1.165) is 25.5 Å². The number of phenols is 1. The van der Waals surface area contributed by atoms with E-state index in [1.165, 1.54) is 0 Å². The first-order chi connectivity index (χ1) is 19.6. The first-order valence-electron chi connectivity index (χ1n) is 14.2. The summed E-state index contributed by atoms with van der Waals surface area (Å²) >= 11 is 2.90. The number of carbonyl (C=O) groups is 1. The number of phenolic OH excluding ortho intramolecular Hbond substituents is 1. The number of halogens is 5. The average Bonchev–Trinajstić information content (AvgIpc) is 3.50. The van der Waals surface area contributed by atoms with E-state index in [2.05, 4.69) is 30.8 Å². The second kappa shape index (κ2) is 10.2. The summed E-state index contributed by atoms with van der Waals surface area (Å²) in [6.45, 7) is 7.23. The molecule has 42 heavy (non-hydrogen) atoms. The van der Waals surface area contributed by atoms with Crippen LogP contribution in [0.4, 0.5) is 28.2 Å². The highest BCUT2D eigenvalue weighted by Crippen LogP contribution is 2.46. The van der Waals surface area contributed by atoms with Crippen LogP contribution in [-0.2, 0) is 10.9 Å². The second-order valence-corrected chi connectivity index (χ2v) is 13.6. The van der Waals surface area contributed by atoms with Crippen LogP contribution in [0.3, 0.4) is 0 Å². The quantitative estimate of drug-likeness (QED) is 0.421. The largest absolute Gasteiger partial charge is 0.505 e. The molecule has 0 radical (unpaired) electrons. The molecule has 1 aromatic carbocycles. The van der Waals surface area contributed by atoms with Gasteiger partial charge in [-0.25, -0.2) is 9.18 Å². The summed E-state index contributed by atoms with van der Waals surface area (Å²) in [5.41, 5.74) is -2.30. The molecule has 2 aromatic rings. The Morgan fingerprint density at radius 1 is 1.17 bits per heavy atom. The summed E-state index contributed by atoms with van der Waals surface area (Å²) in [6.07, 6.45) is -2.71. The van der Waals surface area contributed by atoms with Gasteiger partial charge in [0.05, 0.1) is 27.7 Å². The monoisotopic (exact) mass is 659 g/mol. The van der Waals surface area contributed by atoms with E-state index in [4.69, 9.17) is 9.47 Å². The number of rotatable bonds is 4. The van der Waals surface area contributed by atoms with Gasteiger partial charge in [0.25, 0.3) is 0 Å². The molecule has 0 spiro atoms. The molecule has 0 aliphatic carbocycles. The smallest absolute Gasteiger partial charge is 0.417 e. The molecule has 4 saturated heterocycles. The standard InChI is InChI=1S/C28H34BrF4N5O4/c1-26(2,3)42-25(40)38-16-5-6-17(38)13-36(12-16)23-18-9-19(28(31,32)33)20(29)22(39)21(18)34-24(35-23)41-14-27-7-4-8-37(27)11-15(30)10-27/h9,15-17,39H,4-8,10-14H2,1-3H3/t15-,16?,17?,27+/m1/s1. The summed E-state index contributed by atoms with van der Waals surface area (Å²) in [5, 5.41) is 10.9. The van der Waals surface area contributed by atoms with Crippen LogP contribution in [-0.4, -0.2) is 93.1 Å². The summed E-state index contributed by atoms with van der Waals surface area (Å²) in [6, 6.07) is 0.364. The van der Waals surface area contributed by atoms with Crippen molar-refractivity contribution in [2.45, 2.75) is 88.4 Å². The number of piperazine rings is 1. The predicted octanol–water partition coefficient (Wildman–Crippen LogP) is 5.66. The predicted molar refractivity (Wildman–Crippen MR) is 150 cm³/mol. The Bertz CT molecular complexity index is 1390. The summed E-state index contributed by atoms with van der Waals surface area (Å²) in [7, 11) is 0. The van der Waals surface area contributed by atoms with E-state index in [0.29, 0.717) is 38.9 Å². The average molecular weight is 661 g/mol. The molecule has 2 bridgehead atoms. The van der Waals surface area contributed by atoms with E-state index < -0.39 is 45.4 Å². The molecule has 4 aliphatic heterocycles. The summed E-state index contributed by atoms with van der Waals surface area (Å²) < 4.78 is 67.3. The molecular weight excluding hydrogens is 626 g/mol. The molecule has 9 nitrogen and oxygen atoms in total. The zero-order valence-corrected chi connectivity index (χ0v) is 25.3. The van der Waals surface area contributed by atoms with Gasteiger partial charge in [0.2, 0.25) is 0 Å². The molecule has 4 fully saturated rings. The highest BCUT2D eigenvalue weighted by molar-refractivity contribution is 9.10. The van der Waals surface area contributed by atoms with E-state index >= 15 is 0 Å². The number of fused-ring (bicyclic) bond motifs is 4. The molecule has 14 heteroatoms. The molecule has 6 rings (SSSR count). The number of anilines is 1. The number of hydrogen-bond donors (Lipinski definition) is 1. The van der Waals surface area contributed by atoms with Gasteiger partial charge in [0, 0.05) is 31.4 Å². The van der Waals surface area contributed by atoms with Crippen LogP contribution in [0.25, 0.3) is 10.9 Å². The Balaban J connectivity index is 1.37.